The van der Waals surface area contributed by atoms with E-state index < -0.39 is 0 Å². The molecule has 1 aliphatic heterocycles. The fourth-order valence-corrected chi connectivity index (χ4v) is 3.89. The summed E-state index contributed by atoms with van der Waals surface area (Å²) in [6.45, 7) is 7.15. The minimum Gasteiger partial charge on any atom is -0.369 e. The van der Waals surface area contributed by atoms with Gasteiger partial charge in [0.2, 0.25) is 0 Å². The molecule has 0 spiro atoms. The van der Waals surface area contributed by atoms with E-state index in [0.717, 1.165) is 50.7 Å². The second-order valence-corrected chi connectivity index (χ2v) is 6.39. The number of piperazine rings is 1. The van der Waals surface area contributed by atoms with Gasteiger partial charge >= 0.3 is 0 Å². The molecule has 3 rings (SSSR count). The van der Waals surface area contributed by atoms with Crippen molar-refractivity contribution < 1.29 is 4.39 Å². The molecule has 0 bridgehead atoms. The van der Waals surface area contributed by atoms with E-state index >= 15 is 0 Å². The zero-order valence-electron chi connectivity index (χ0n) is 12.9. The van der Waals surface area contributed by atoms with Crippen LogP contribution in [0.15, 0.2) is 24.3 Å². The number of hydrogen-bond donors (Lipinski definition) is 1. The minimum atomic E-state index is -0.167. The van der Waals surface area contributed by atoms with Crippen molar-refractivity contribution in [3.05, 3.63) is 30.1 Å². The Labute approximate surface area is 126 Å². The number of hydrogen-bond acceptors (Lipinski definition) is 3. The maximum absolute atomic E-state index is 13.0. The second kappa shape index (κ2) is 5.93. The highest BCUT2D eigenvalue weighted by atomic mass is 19.1. The summed E-state index contributed by atoms with van der Waals surface area (Å²) >= 11 is 0. The molecule has 4 heteroatoms. The Morgan fingerprint density at radius 3 is 2.24 bits per heavy atom. The molecule has 21 heavy (non-hydrogen) atoms. The van der Waals surface area contributed by atoms with Gasteiger partial charge in [0.15, 0.2) is 0 Å². The number of halogens is 1. The van der Waals surface area contributed by atoms with Crippen molar-refractivity contribution in [1.29, 1.82) is 0 Å². The van der Waals surface area contributed by atoms with E-state index in [1.54, 1.807) is 12.1 Å². The third-order valence-electron chi connectivity index (χ3n) is 5.40. The van der Waals surface area contributed by atoms with Crippen LogP contribution in [0.2, 0.25) is 0 Å². The molecule has 1 saturated carbocycles. The standard InChI is InChI=1S/C17H26FN3/c1-2-17(13-19,14-3-4-14)21-11-9-20(10-12-21)16-7-5-15(18)6-8-16/h5-8,14H,2-4,9-13,19H2,1H3. The minimum absolute atomic E-state index is 0.167. The summed E-state index contributed by atoms with van der Waals surface area (Å²) in [7, 11) is 0. The summed E-state index contributed by atoms with van der Waals surface area (Å²) in [5, 5.41) is 0. The van der Waals surface area contributed by atoms with E-state index in [9.17, 15) is 4.39 Å². The third kappa shape index (κ3) is 2.79. The maximum atomic E-state index is 13.0. The predicted octanol–water partition coefficient (Wildman–Crippen LogP) is 2.47. The highest BCUT2D eigenvalue weighted by molar-refractivity contribution is 5.46. The molecule has 116 valence electrons. The zero-order valence-corrected chi connectivity index (χ0v) is 12.9. The first kappa shape index (κ1) is 14.8. The molecule has 1 aromatic rings. The van der Waals surface area contributed by atoms with Crippen LogP contribution in [0.1, 0.15) is 26.2 Å². The molecule has 1 atom stereocenters. The second-order valence-electron chi connectivity index (χ2n) is 6.39. The number of rotatable bonds is 5. The number of anilines is 1. The number of benzene rings is 1. The monoisotopic (exact) mass is 291 g/mol. The number of nitrogens with two attached hydrogens (primary N) is 1. The molecule has 2 aliphatic rings. The first-order chi connectivity index (χ1) is 10.2. The Balaban J connectivity index is 1.65. The van der Waals surface area contributed by atoms with Crippen LogP contribution in [0.5, 0.6) is 0 Å². The van der Waals surface area contributed by atoms with E-state index in [1.165, 1.54) is 12.8 Å². The van der Waals surface area contributed by atoms with E-state index in [-0.39, 0.29) is 11.4 Å². The van der Waals surface area contributed by atoms with Crippen LogP contribution in [-0.4, -0.2) is 43.2 Å². The lowest BCUT2D eigenvalue weighted by Crippen LogP contribution is -2.61. The molecule has 0 amide bonds. The molecule has 1 unspecified atom stereocenters. The summed E-state index contributed by atoms with van der Waals surface area (Å²) < 4.78 is 13.0. The summed E-state index contributed by atoms with van der Waals surface area (Å²) in [6.07, 6.45) is 3.82. The molecule has 0 radical (unpaired) electrons. The largest absolute Gasteiger partial charge is 0.369 e. The lowest BCUT2D eigenvalue weighted by Gasteiger charge is -2.48. The van der Waals surface area contributed by atoms with Gasteiger partial charge in [-0.3, -0.25) is 4.90 Å². The van der Waals surface area contributed by atoms with Crippen LogP contribution >= 0.6 is 0 Å². The van der Waals surface area contributed by atoms with Crippen molar-refractivity contribution in [1.82, 2.24) is 4.90 Å². The van der Waals surface area contributed by atoms with Gasteiger partial charge in [0.25, 0.3) is 0 Å². The van der Waals surface area contributed by atoms with E-state index in [1.807, 2.05) is 12.1 Å². The maximum Gasteiger partial charge on any atom is 0.123 e. The predicted molar refractivity (Wildman–Crippen MR) is 85.0 cm³/mol. The Morgan fingerprint density at radius 2 is 1.76 bits per heavy atom. The van der Waals surface area contributed by atoms with E-state index in [2.05, 4.69) is 16.7 Å². The van der Waals surface area contributed by atoms with Gasteiger partial charge in [0.05, 0.1) is 0 Å². The van der Waals surface area contributed by atoms with Gasteiger partial charge in [-0.2, -0.15) is 0 Å². The Bertz CT molecular complexity index is 457. The third-order valence-corrected chi connectivity index (χ3v) is 5.40. The van der Waals surface area contributed by atoms with Gasteiger partial charge in [-0.25, -0.2) is 4.39 Å². The molecule has 0 aromatic heterocycles. The smallest absolute Gasteiger partial charge is 0.123 e. The Kier molecular flexibility index (Phi) is 4.18. The first-order valence-electron chi connectivity index (χ1n) is 8.15. The summed E-state index contributed by atoms with van der Waals surface area (Å²) in [6, 6.07) is 6.84. The lowest BCUT2D eigenvalue weighted by molar-refractivity contribution is 0.0623. The van der Waals surface area contributed by atoms with Crippen molar-refractivity contribution in [2.24, 2.45) is 11.7 Å². The van der Waals surface area contributed by atoms with E-state index in [0.29, 0.717) is 0 Å². The van der Waals surface area contributed by atoms with Crippen molar-refractivity contribution in [3.63, 3.8) is 0 Å². The van der Waals surface area contributed by atoms with Crippen LogP contribution in [0.4, 0.5) is 10.1 Å². The van der Waals surface area contributed by atoms with Gasteiger partial charge < -0.3 is 10.6 Å². The van der Waals surface area contributed by atoms with Gasteiger partial charge in [-0.05, 0) is 49.4 Å². The van der Waals surface area contributed by atoms with Gasteiger partial charge in [-0.15, -0.1) is 0 Å². The summed E-state index contributed by atoms with van der Waals surface area (Å²) in [5.74, 6) is 0.629. The normalized spacial score (nSPS) is 23.1. The summed E-state index contributed by atoms with van der Waals surface area (Å²) in [5.41, 5.74) is 7.50. The molecule has 1 aromatic carbocycles. The lowest BCUT2D eigenvalue weighted by atomic mass is 9.87. The molecule has 3 nitrogen and oxygen atoms in total. The Hall–Kier alpha value is -1.13. The molecular formula is C17H26FN3. The molecule has 1 saturated heterocycles. The van der Waals surface area contributed by atoms with Gasteiger partial charge in [0, 0.05) is 44.0 Å². The average Bonchev–Trinajstić information content (AvgIpc) is 3.36. The van der Waals surface area contributed by atoms with Crippen molar-refractivity contribution >= 4 is 5.69 Å². The van der Waals surface area contributed by atoms with Gasteiger partial charge in [0.1, 0.15) is 5.82 Å². The highest BCUT2D eigenvalue weighted by Gasteiger charge is 2.47. The molecule has 2 fully saturated rings. The van der Waals surface area contributed by atoms with Crippen molar-refractivity contribution in [2.75, 3.05) is 37.6 Å². The number of nitrogens with zero attached hydrogens (tertiary/aromatic N) is 2. The highest BCUT2D eigenvalue weighted by Crippen LogP contribution is 2.45. The molecule has 2 N–H and O–H groups in total. The van der Waals surface area contributed by atoms with Crippen LogP contribution < -0.4 is 10.6 Å². The van der Waals surface area contributed by atoms with Crippen molar-refractivity contribution in [2.45, 2.75) is 31.7 Å². The topological polar surface area (TPSA) is 32.5 Å². The fourth-order valence-electron chi connectivity index (χ4n) is 3.89. The van der Waals surface area contributed by atoms with Crippen LogP contribution in [0.3, 0.4) is 0 Å². The van der Waals surface area contributed by atoms with Gasteiger partial charge in [-0.1, -0.05) is 6.92 Å². The zero-order chi connectivity index (χ0) is 14.9. The van der Waals surface area contributed by atoms with Crippen LogP contribution in [0, 0.1) is 11.7 Å². The Morgan fingerprint density at radius 1 is 1.14 bits per heavy atom. The van der Waals surface area contributed by atoms with E-state index in [4.69, 9.17) is 5.73 Å². The van der Waals surface area contributed by atoms with Crippen molar-refractivity contribution in [3.8, 4) is 0 Å². The SMILES string of the molecule is CCC(CN)(C1CC1)N1CCN(c2ccc(F)cc2)CC1. The first-order valence-corrected chi connectivity index (χ1v) is 8.15. The van der Waals surface area contributed by atoms with Crippen LogP contribution in [0.25, 0.3) is 0 Å². The fraction of sp³-hybridized carbons (Fsp3) is 0.647. The molecule has 1 aliphatic carbocycles. The average molecular weight is 291 g/mol. The molecule has 1 heterocycles. The molecular weight excluding hydrogens is 265 g/mol. The summed E-state index contributed by atoms with van der Waals surface area (Å²) in [4.78, 5) is 4.96. The van der Waals surface area contributed by atoms with Crippen LogP contribution in [-0.2, 0) is 0 Å². The quantitative estimate of drug-likeness (QED) is 0.904.